The highest BCUT2D eigenvalue weighted by Crippen LogP contribution is 2.31. The molecule has 0 radical (unpaired) electrons. The van der Waals surface area contributed by atoms with Crippen LogP contribution in [-0.4, -0.2) is 24.5 Å². The summed E-state index contributed by atoms with van der Waals surface area (Å²) in [5.41, 5.74) is 2.48. The van der Waals surface area contributed by atoms with Crippen molar-refractivity contribution in [2.24, 2.45) is 0 Å². The quantitative estimate of drug-likeness (QED) is 0.943. The van der Waals surface area contributed by atoms with E-state index in [1.54, 1.807) is 11.0 Å². The molecule has 1 heterocycles. The summed E-state index contributed by atoms with van der Waals surface area (Å²) in [5, 5.41) is 2.84. The van der Waals surface area contributed by atoms with E-state index < -0.39 is 0 Å². The topological polar surface area (TPSA) is 58.6 Å². The van der Waals surface area contributed by atoms with Crippen LogP contribution >= 0.6 is 0 Å². The molecule has 5 nitrogen and oxygen atoms in total. The van der Waals surface area contributed by atoms with E-state index in [0.29, 0.717) is 17.1 Å². The molecule has 0 unspecified atom stereocenters. The summed E-state index contributed by atoms with van der Waals surface area (Å²) >= 11 is 0. The molecule has 1 atom stereocenters. The molecule has 2 aromatic carbocycles. The summed E-state index contributed by atoms with van der Waals surface area (Å²) in [5.74, 6) is 0.385. The van der Waals surface area contributed by atoms with E-state index in [2.05, 4.69) is 5.32 Å². The lowest BCUT2D eigenvalue weighted by atomic mass is 10.1. The zero-order valence-corrected chi connectivity index (χ0v) is 13.8. The van der Waals surface area contributed by atoms with E-state index in [-0.39, 0.29) is 30.9 Å². The smallest absolute Gasteiger partial charge is 0.265 e. The highest BCUT2D eigenvalue weighted by Gasteiger charge is 2.29. The van der Waals surface area contributed by atoms with Crippen molar-refractivity contribution in [1.29, 1.82) is 0 Å². The number of carbonyl (C=O) groups excluding carboxylic acids is 2. The van der Waals surface area contributed by atoms with E-state index in [1.807, 2.05) is 56.3 Å². The molecule has 5 heteroatoms. The lowest BCUT2D eigenvalue weighted by Crippen LogP contribution is -2.41. The lowest BCUT2D eigenvalue weighted by molar-refractivity contribution is -0.121. The Bertz CT molecular complexity index is 755. The van der Waals surface area contributed by atoms with Crippen LogP contribution in [0.3, 0.4) is 0 Å². The van der Waals surface area contributed by atoms with Gasteiger partial charge in [0, 0.05) is 12.5 Å². The fraction of sp³-hybridized carbons (Fsp3) is 0.263. The average molecular weight is 324 g/mol. The molecule has 0 saturated carbocycles. The van der Waals surface area contributed by atoms with Crippen molar-refractivity contribution in [1.82, 2.24) is 0 Å². The summed E-state index contributed by atoms with van der Waals surface area (Å²) in [7, 11) is 0. The van der Waals surface area contributed by atoms with Crippen LogP contribution in [0.4, 0.5) is 11.4 Å². The molecule has 1 aliphatic rings. The minimum absolute atomic E-state index is 0.0735. The van der Waals surface area contributed by atoms with E-state index in [0.717, 1.165) is 5.56 Å². The normalized spacial score (nSPS) is 16.8. The van der Waals surface area contributed by atoms with Crippen LogP contribution in [0, 0.1) is 6.92 Å². The Hall–Kier alpha value is -2.82. The third kappa shape index (κ3) is 3.40. The Morgan fingerprint density at radius 3 is 2.67 bits per heavy atom. The van der Waals surface area contributed by atoms with Crippen LogP contribution in [0.2, 0.25) is 0 Å². The van der Waals surface area contributed by atoms with E-state index in [4.69, 9.17) is 4.74 Å². The van der Waals surface area contributed by atoms with Crippen LogP contribution in [0.25, 0.3) is 0 Å². The molecule has 0 spiro atoms. The van der Waals surface area contributed by atoms with Gasteiger partial charge in [-0.15, -0.1) is 0 Å². The Kier molecular flexibility index (Phi) is 4.51. The van der Waals surface area contributed by atoms with Crippen molar-refractivity contribution in [3.05, 3.63) is 54.1 Å². The number of carbonyl (C=O) groups is 2. The predicted octanol–water partition coefficient (Wildman–Crippen LogP) is 3.14. The predicted molar refractivity (Wildman–Crippen MR) is 93.3 cm³/mol. The first kappa shape index (κ1) is 16.1. The maximum Gasteiger partial charge on any atom is 0.265 e. The molecular formula is C19H20N2O3. The second-order valence-electron chi connectivity index (χ2n) is 5.98. The Morgan fingerprint density at radius 1 is 1.21 bits per heavy atom. The molecule has 0 aromatic heterocycles. The number of rotatable bonds is 3. The van der Waals surface area contributed by atoms with Crippen LogP contribution in [0.5, 0.6) is 5.75 Å². The van der Waals surface area contributed by atoms with Crippen molar-refractivity contribution >= 4 is 23.2 Å². The molecule has 0 aliphatic carbocycles. The summed E-state index contributed by atoms with van der Waals surface area (Å²) in [6.07, 6.45) is 0.255. The number of fused-ring (bicyclic) bond motifs is 1. The third-order valence-corrected chi connectivity index (χ3v) is 4.01. The summed E-state index contributed by atoms with van der Waals surface area (Å²) < 4.78 is 5.61. The van der Waals surface area contributed by atoms with Gasteiger partial charge in [0.1, 0.15) is 5.75 Å². The molecule has 1 aliphatic heterocycles. The van der Waals surface area contributed by atoms with Crippen molar-refractivity contribution in [2.75, 3.05) is 16.8 Å². The van der Waals surface area contributed by atoms with Gasteiger partial charge in [-0.2, -0.15) is 0 Å². The Balaban J connectivity index is 1.79. The molecule has 2 aromatic rings. The number of anilines is 2. The molecule has 0 fully saturated rings. The Labute approximate surface area is 141 Å². The molecule has 24 heavy (non-hydrogen) atoms. The highest BCUT2D eigenvalue weighted by molar-refractivity contribution is 6.04. The van der Waals surface area contributed by atoms with Gasteiger partial charge in [0.25, 0.3) is 5.91 Å². The van der Waals surface area contributed by atoms with Gasteiger partial charge in [-0.1, -0.05) is 29.8 Å². The fourth-order valence-electron chi connectivity index (χ4n) is 2.82. The fourth-order valence-corrected chi connectivity index (χ4v) is 2.82. The minimum atomic E-state index is -0.234. The second-order valence-corrected chi connectivity index (χ2v) is 5.98. The molecule has 3 rings (SSSR count). The lowest BCUT2D eigenvalue weighted by Gasteiger charge is -2.27. The number of hydrogen-bond acceptors (Lipinski definition) is 3. The number of amides is 2. The van der Waals surface area contributed by atoms with Crippen LogP contribution < -0.4 is 15.0 Å². The first-order chi connectivity index (χ1) is 11.5. The molecular weight excluding hydrogens is 304 g/mol. The van der Waals surface area contributed by atoms with Gasteiger partial charge in [0.05, 0.1) is 11.4 Å². The van der Waals surface area contributed by atoms with E-state index in [1.165, 1.54) is 0 Å². The summed E-state index contributed by atoms with van der Waals surface area (Å²) in [6, 6.07) is 14.6. The largest absolute Gasteiger partial charge is 0.484 e. The van der Waals surface area contributed by atoms with Gasteiger partial charge in [-0.3, -0.25) is 9.59 Å². The maximum absolute atomic E-state index is 12.7. The standard InChI is InChI=1S/C19H20N2O3/c1-13-7-9-15(10-8-13)24-12-19(23)21-14(2)11-18(22)20-16-5-3-4-6-17(16)21/h3-10,14H,11-12H2,1-2H3,(H,20,22)/t14-/m0/s1. The molecule has 0 bridgehead atoms. The van der Waals surface area contributed by atoms with Gasteiger partial charge >= 0.3 is 0 Å². The first-order valence-electron chi connectivity index (χ1n) is 7.95. The average Bonchev–Trinajstić information content (AvgIpc) is 2.68. The molecule has 124 valence electrons. The van der Waals surface area contributed by atoms with Crippen LogP contribution in [-0.2, 0) is 9.59 Å². The third-order valence-electron chi connectivity index (χ3n) is 4.01. The van der Waals surface area contributed by atoms with Crippen molar-refractivity contribution in [2.45, 2.75) is 26.3 Å². The maximum atomic E-state index is 12.7. The van der Waals surface area contributed by atoms with Gasteiger partial charge in [-0.25, -0.2) is 0 Å². The minimum Gasteiger partial charge on any atom is -0.484 e. The number of benzene rings is 2. The van der Waals surface area contributed by atoms with Gasteiger partial charge in [-0.05, 0) is 38.1 Å². The van der Waals surface area contributed by atoms with Gasteiger partial charge in [0.15, 0.2) is 6.61 Å². The molecule has 2 amide bonds. The van der Waals surface area contributed by atoms with Gasteiger partial charge in [0.2, 0.25) is 5.91 Å². The van der Waals surface area contributed by atoms with Crippen molar-refractivity contribution in [3.8, 4) is 5.75 Å². The first-order valence-corrected chi connectivity index (χ1v) is 7.95. The Morgan fingerprint density at radius 2 is 1.92 bits per heavy atom. The number of hydrogen-bond donors (Lipinski definition) is 1. The number of nitrogens with zero attached hydrogens (tertiary/aromatic N) is 1. The zero-order valence-electron chi connectivity index (χ0n) is 13.8. The number of nitrogens with one attached hydrogen (secondary N) is 1. The van der Waals surface area contributed by atoms with E-state index in [9.17, 15) is 9.59 Å². The highest BCUT2D eigenvalue weighted by atomic mass is 16.5. The van der Waals surface area contributed by atoms with Crippen LogP contribution in [0.1, 0.15) is 18.9 Å². The van der Waals surface area contributed by atoms with Gasteiger partial charge < -0.3 is 15.0 Å². The van der Waals surface area contributed by atoms with E-state index >= 15 is 0 Å². The monoisotopic (exact) mass is 324 g/mol. The van der Waals surface area contributed by atoms with Crippen LogP contribution in [0.15, 0.2) is 48.5 Å². The number of aryl methyl sites for hydroxylation is 1. The summed E-state index contributed by atoms with van der Waals surface area (Å²) in [4.78, 5) is 26.3. The number of para-hydroxylation sites is 2. The molecule has 1 N–H and O–H groups in total. The summed E-state index contributed by atoms with van der Waals surface area (Å²) in [6.45, 7) is 3.79. The second kappa shape index (κ2) is 6.74. The number of ether oxygens (including phenoxy) is 1. The van der Waals surface area contributed by atoms with Crippen molar-refractivity contribution in [3.63, 3.8) is 0 Å². The zero-order chi connectivity index (χ0) is 17.1. The van der Waals surface area contributed by atoms with Crippen molar-refractivity contribution < 1.29 is 14.3 Å². The molecule has 0 saturated heterocycles. The SMILES string of the molecule is Cc1ccc(OCC(=O)N2c3ccccc3NC(=O)C[C@@H]2C)cc1.